The highest BCUT2D eigenvalue weighted by molar-refractivity contribution is 5.77. The fraction of sp³-hybridized carbons (Fsp3) is 0.250. The van der Waals surface area contributed by atoms with Gasteiger partial charge in [-0.2, -0.15) is 4.57 Å². The van der Waals surface area contributed by atoms with E-state index < -0.39 is 0 Å². The molecule has 152 valence electrons. The van der Waals surface area contributed by atoms with Crippen LogP contribution in [0.25, 0.3) is 11.3 Å². The van der Waals surface area contributed by atoms with E-state index in [0.717, 1.165) is 6.54 Å². The Kier molecular flexibility index (Phi) is 5.85. The van der Waals surface area contributed by atoms with Gasteiger partial charge in [0.05, 0.1) is 0 Å². The van der Waals surface area contributed by atoms with Crippen molar-refractivity contribution in [3.8, 4) is 5.69 Å². The first-order valence-corrected chi connectivity index (χ1v) is 10.9. The topological polar surface area (TPSA) is 7.12 Å². The first-order chi connectivity index (χ1) is 14.5. The lowest BCUT2D eigenvalue weighted by atomic mass is 9.99. The average Bonchev–Trinajstić information content (AvgIpc) is 2.79. The summed E-state index contributed by atoms with van der Waals surface area (Å²) >= 11 is 0. The van der Waals surface area contributed by atoms with Crippen LogP contribution >= 0.6 is 0 Å². The smallest absolute Gasteiger partial charge is 0.214 e. The largest absolute Gasteiger partial charge is 0.344 e. The predicted octanol–water partition coefficient (Wildman–Crippen LogP) is 6.63. The number of aromatic nitrogens is 1. The van der Waals surface area contributed by atoms with E-state index in [1.807, 2.05) is 0 Å². The number of hydrogen-bond acceptors (Lipinski definition) is 1. The Hall–Kier alpha value is -3.13. The van der Waals surface area contributed by atoms with E-state index in [4.69, 9.17) is 0 Å². The van der Waals surface area contributed by atoms with Crippen LogP contribution in [0.2, 0.25) is 0 Å². The van der Waals surface area contributed by atoms with E-state index in [1.54, 1.807) is 0 Å². The van der Waals surface area contributed by atoms with Gasteiger partial charge in [0.2, 0.25) is 5.69 Å². The number of rotatable bonds is 5. The van der Waals surface area contributed by atoms with Gasteiger partial charge in [0, 0.05) is 42.2 Å². The summed E-state index contributed by atoms with van der Waals surface area (Å²) in [6.07, 6.45) is 11.1. The Balaban J connectivity index is 1.54. The lowest BCUT2D eigenvalue weighted by Gasteiger charge is -2.26. The fourth-order valence-electron chi connectivity index (χ4n) is 4.12. The van der Waals surface area contributed by atoms with Gasteiger partial charge in [0.1, 0.15) is 0 Å². The lowest BCUT2D eigenvalue weighted by Crippen LogP contribution is -2.31. The molecule has 0 saturated heterocycles. The molecule has 1 aliphatic heterocycles. The van der Waals surface area contributed by atoms with Crippen LogP contribution in [0.3, 0.4) is 0 Å². The number of benzene rings is 2. The van der Waals surface area contributed by atoms with E-state index in [-0.39, 0.29) is 0 Å². The number of hydrogen-bond donors (Lipinski definition) is 0. The molecule has 0 unspecified atom stereocenters. The number of allylic oxidation sites excluding steroid dienone is 2. The van der Waals surface area contributed by atoms with Gasteiger partial charge in [0.25, 0.3) is 0 Å². The van der Waals surface area contributed by atoms with Gasteiger partial charge in [-0.25, -0.2) is 0 Å². The van der Waals surface area contributed by atoms with Crippen molar-refractivity contribution in [1.29, 1.82) is 0 Å². The minimum absolute atomic E-state index is 0.497. The van der Waals surface area contributed by atoms with Crippen LogP contribution in [0.1, 0.15) is 56.2 Å². The number of anilines is 1. The van der Waals surface area contributed by atoms with E-state index in [0.29, 0.717) is 11.8 Å². The SMILES string of the molecule is CC(C)c1ccccc1N1C=CC(c2cc[n+](-c3ccccc3C(C)C)cc2)=CC1. The summed E-state index contributed by atoms with van der Waals surface area (Å²) in [5.74, 6) is 1.01. The molecule has 0 saturated carbocycles. The van der Waals surface area contributed by atoms with Crippen LogP contribution in [0, 0.1) is 0 Å². The third kappa shape index (κ3) is 4.09. The van der Waals surface area contributed by atoms with Gasteiger partial charge in [0.15, 0.2) is 12.4 Å². The first-order valence-electron chi connectivity index (χ1n) is 10.9. The normalized spacial score (nSPS) is 13.8. The number of pyridine rings is 1. The molecule has 1 aliphatic rings. The van der Waals surface area contributed by atoms with Crippen molar-refractivity contribution in [3.05, 3.63) is 108 Å². The second-order valence-corrected chi connectivity index (χ2v) is 8.55. The molecular formula is C28H31N2+. The molecule has 4 rings (SSSR count). The van der Waals surface area contributed by atoms with Crippen molar-refractivity contribution in [2.75, 3.05) is 11.4 Å². The monoisotopic (exact) mass is 395 g/mol. The molecular weight excluding hydrogens is 364 g/mol. The standard InChI is InChI=1S/C28H31N2/c1-21(2)25-9-5-7-11-27(25)29-17-13-23(14-18-29)24-15-19-30(20-16-24)28-12-8-6-10-26(28)22(3)4/h5-19,21-22H,20H2,1-4H3/q+1. The molecule has 2 aromatic carbocycles. The molecule has 0 N–H and O–H groups in total. The zero-order chi connectivity index (χ0) is 21.1. The highest BCUT2D eigenvalue weighted by atomic mass is 15.1. The Bertz CT molecular complexity index is 1070. The molecule has 0 radical (unpaired) electrons. The Morgan fingerprint density at radius 2 is 1.40 bits per heavy atom. The van der Waals surface area contributed by atoms with Crippen molar-refractivity contribution < 1.29 is 4.57 Å². The van der Waals surface area contributed by atoms with E-state index in [1.165, 1.54) is 33.6 Å². The lowest BCUT2D eigenvalue weighted by molar-refractivity contribution is -0.596. The van der Waals surface area contributed by atoms with Crippen molar-refractivity contribution in [1.82, 2.24) is 0 Å². The summed E-state index contributed by atoms with van der Waals surface area (Å²) in [6, 6.07) is 21.8. The van der Waals surface area contributed by atoms with Crippen molar-refractivity contribution in [2.45, 2.75) is 39.5 Å². The van der Waals surface area contributed by atoms with Gasteiger partial charge in [-0.05, 0) is 40.7 Å². The number of para-hydroxylation sites is 2. The van der Waals surface area contributed by atoms with Crippen LogP contribution in [0.15, 0.2) is 91.4 Å². The number of nitrogens with zero attached hydrogens (tertiary/aromatic N) is 2. The molecule has 2 heteroatoms. The summed E-state index contributed by atoms with van der Waals surface area (Å²) in [5, 5.41) is 0. The molecule has 0 spiro atoms. The zero-order valence-electron chi connectivity index (χ0n) is 18.4. The molecule has 0 bridgehead atoms. The summed E-state index contributed by atoms with van der Waals surface area (Å²) in [7, 11) is 0. The molecule has 3 aromatic rings. The molecule has 0 atom stereocenters. The summed E-state index contributed by atoms with van der Waals surface area (Å²) in [6.45, 7) is 9.89. The van der Waals surface area contributed by atoms with Gasteiger partial charge < -0.3 is 4.90 Å². The molecule has 0 amide bonds. The van der Waals surface area contributed by atoms with Gasteiger partial charge in [-0.1, -0.05) is 70.2 Å². The second kappa shape index (κ2) is 8.71. The van der Waals surface area contributed by atoms with Crippen LogP contribution in [0.4, 0.5) is 5.69 Å². The van der Waals surface area contributed by atoms with Crippen LogP contribution < -0.4 is 9.47 Å². The highest BCUT2D eigenvalue weighted by Gasteiger charge is 2.16. The van der Waals surface area contributed by atoms with E-state index in [9.17, 15) is 0 Å². The quantitative estimate of drug-likeness (QED) is 0.440. The second-order valence-electron chi connectivity index (χ2n) is 8.55. The Labute approximate surface area is 180 Å². The summed E-state index contributed by atoms with van der Waals surface area (Å²) in [5.41, 5.74) is 7.84. The maximum absolute atomic E-state index is 2.33. The van der Waals surface area contributed by atoms with Crippen LogP contribution in [-0.4, -0.2) is 6.54 Å². The Morgan fingerprint density at radius 3 is 2.03 bits per heavy atom. The minimum Gasteiger partial charge on any atom is -0.344 e. The first kappa shape index (κ1) is 20.2. The average molecular weight is 396 g/mol. The highest BCUT2D eigenvalue weighted by Crippen LogP contribution is 2.30. The van der Waals surface area contributed by atoms with E-state index in [2.05, 4.69) is 129 Å². The van der Waals surface area contributed by atoms with Crippen LogP contribution in [0.5, 0.6) is 0 Å². The molecule has 30 heavy (non-hydrogen) atoms. The maximum atomic E-state index is 2.33. The third-order valence-electron chi connectivity index (χ3n) is 5.81. The molecule has 2 nitrogen and oxygen atoms in total. The predicted molar refractivity (Wildman–Crippen MR) is 127 cm³/mol. The molecule has 2 heterocycles. The summed E-state index contributed by atoms with van der Waals surface area (Å²) < 4.78 is 2.22. The van der Waals surface area contributed by atoms with Crippen LogP contribution in [-0.2, 0) is 0 Å². The maximum Gasteiger partial charge on any atom is 0.214 e. The molecule has 1 aromatic heterocycles. The summed E-state index contributed by atoms with van der Waals surface area (Å²) in [4.78, 5) is 2.33. The fourth-order valence-corrected chi connectivity index (χ4v) is 4.12. The van der Waals surface area contributed by atoms with Crippen molar-refractivity contribution >= 4 is 11.3 Å². The van der Waals surface area contributed by atoms with Gasteiger partial charge >= 0.3 is 0 Å². The Morgan fingerprint density at radius 1 is 0.767 bits per heavy atom. The van der Waals surface area contributed by atoms with Crippen molar-refractivity contribution in [2.24, 2.45) is 0 Å². The third-order valence-corrected chi connectivity index (χ3v) is 5.81. The zero-order valence-corrected chi connectivity index (χ0v) is 18.4. The van der Waals surface area contributed by atoms with Gasteiger partial charge in [-0.3, -0.25) is 0 Å². The molecule has 0 fully saturated rings. The molecule has 0 aliphatic carbocycles. The van der Waals surface area contributed by atoms with Crippen molar-refractivity contribution in [3.63, 3.8) is 0 Å². The minimum atomic E-state index is 0.497. The van der Waals surface area contributed by atoms with E-state index >= 15 is 0 Å². The van der Waals surface area contributed by atoms with Gasteiger partial charge in [-0.15, -0.1) is 0 Å².